The zero-order valence-electron chi connectivity index (χ0n) is 11.6. The molecule has 0 aliphatic heterocycles. The highest BCUT2D eigenvalue weighted by Crippen LogP contribution is 2.35. The van der Waals surface area contributed by atoms with Gasteiger partial charge in [0.05, 0.1) is 29.0 Å². The molecule has 0 spiro atoms. The predicted molar refractivity (Wildman–Crippen MR) is 82.7 cm³/mol. The van der Waals surface area contributed by atoms with Crippen LogP contribution in [0.15, 0.2) is 30.5 Å². The van der Waals surface area contributed by atoms with Gasteiger partial charge >= 0.3 is 0 Å². The number of rotatable bonds is 3. The van der Waals surface area contributed by atoms with Crippen LogP contribution in [-0.4, -0.2) is 22.2 Å². The number of nitrogens with two attached hydrogens (primary N) is 1. The van der Waals surface area contributed by atoms with Crippen LogP contribution in [0.5, 0.6) is 0 Å². The minimum Gasteiger partial charge on any atom is -0.397 e. The van der Waals surface area contributed by atoms with Crippen LogP contribution in [-0.2, 0) is 0 Å². The standard InChI is InChI=1S/C16H21N3O/c17-15-12-5-4-10-18-13(12)6-7-14(15)19-16(11-20)8-2-1-3-9-16/h4-7,10,19-20H,1-3,8-9,11,17H2. The van der Waals surface area contributed by atoms with Crippen LogP contribution in [0.25, 0.3) is 10.9 Å². The van der Waals surface area contributed by atoms with Crippen LogP contribution < -0.4 is 11.1 Å². The Kier molecular flexibility index (Phi) is 3.49. The van der Waals surface area contributed by atoms with Gasteiger partial charge in [0.15, 0.2) is 0 Å². The number of hydrogen-bond acceptors (Lipinski definition) is 4. The lowest BCUT2D eigenvalue weighted by Gasteiger charge is -2.37. The van der Waals surface area contributed by atoms with Gasteiger partial charge in [-0.25, -0.2) is 0 Å². The highest BCUT2D eigenvalue weighted by atomic mass is 16.3. The average molecular weight is 271 g/mol. The van der Waals surface area contributed by atoms with Crippen molar-refractivity contribution >= 4 is 22.3 Å². The topological polar surface area (TPSA) is 71.2 Å². The fourth-order valence-electron chi connectivity index (χ4n) is 3.12. The Labute approximate surface area is 119 Å². The minimum absolute atomic E-state index is 0.150. The van der Waals surface area contributed by atoms with Gasteiger partial charge in [0, 0.05) is 11.6 Å². The van der Waals surface area contributed by atoms with E-state index < -0.39 is 0 Å². The molecule has 106 valence electrons. The quantitative estimate of drug-likeness (QED) is 0.751. The minimum atomic E-state index is -0.220. The fraction of sp³-hybridized carbons (Fsp3) is 0.438. The molecule has 0 amide bonds. The van der Waals surface area contributed by atoms with E-state index in [0.717, 1.165) is 42.3 Å². The molecule has 4 nitrogen and oxygen atoms in total. The zero-order valence-corrected chi connectivity index (χ0v) is 11.6. The Balaban J connectivity index is 1.95. The van der Waals surface area contributed by atoms with Crippen molar-refractivity contribution in [3.8, 4) is 0 Å². The number of pyridine rings is 1. The Bertz CT molecular complexity index is 606. The molecule has 4 heteroatoms. The van der Waals surface area contributed by atoms with Crippen LogP contribution >= 0.6 is 0 Å². The highest BCUT2D eigenvalue weighted by Gasteiger charge is 2.31. The Hall–Kier alpha value is -1.81. The van der Waals surface area contributed by atoms with Crippen LogP contribution in [0, 0.1) is 0 Å². The van der Waals surface area contributed by atoms with E-state index in [4.69, 9.17) is 5.73 Å². The van der Waals surface area contributed by atoms with Gasteiger partial charge in [-0.3, -0.25) is 4.98 Å². The van der Waals surface area contributed by atoms with Gasteiger partial charge in [0.2, 0.25) is 0 Å². The summed E-state index contributed by atoms with van der Waals surface area (Å²) in [5, 5.41) is 14.3. The summed E-state index contributed by atoms with van der Waals surface area (Å²) in [7, 11) is 0. The molecule has 3 rings (SSSR count). The normalized spacial score (nSPS) is 18.1. The molecule has 20 heavy (non-hydrogen) atoms. The van der Waals surface area contributed by atoms with Gasteiger partial charge in [-0.2, -0.15) is 0 Å². The van der Waals surface area contributed by atoms with Gasteiger partial charge in [-0.15, -0.1) is 0 Å². The molecule has 2 aromatic rings. The first kappa shape index (κ1) is 13.2. The predicted octanol–water partition coefficient (Wildman–Crippen LogP) is 2.92. The second kappa shape index (κ2) is 5.29. The molecule has 0 radical (unpaired) electrons. The van der Waals surface area contributed by atoms with E-state index in [1.165, 1.54) is 6.42 Å². The molecular formula is C16H21N3O. The summed E-state index contributed by atoms with van der Waals surface area (Å²) in [6, 6.07) is 7.82. The van der Waals surface area contributed by atoms with Crippen molar-refractivity contribution in [2.24, 2.45) is 0 Å². The number of nitrogens with zero attached hydrogens (tertiary/aromatic N) is 1. The largest absolute Gasteiger partial charge is 0.397 e. The van der Waals surface area contributed by atoms with E-state index in [2.05, 4.69) is 10.3 Å². The number of anilines is 2. The SMILES string of the molecule is Nc1c(NC2(CO)CCCCC2)ccc2ncccc12. The average Bonchev–Trinajstić information content (AvgIpc) is 2.51. The molecular weight excluding hydrogens is 250 g/mol. The van der Waals surface area contributed by atoms with Gasteiger partial charge in [-0.05, 0) is 37.1 Å². The van der Waals surface area contributed by atoms with Gasteiger partial charge in [-0.1, -0.05) is 19.3 Å². The lowest BCUT2D eigenvalue weighted by molar-refractivity contribution is 0.173. The summed E-state index contributed by atoms with van der Waals surface area (Å²) in [5.74, 6) is 0. The van der Waals surface area contributed by atoms with Crippen molar-refractivity contribution < 1.29 is 5.11 Å². The first-order valence-electron chi connectivity index (χ1n) is 7.26. The van der Waals surface area contributed by atoms with Crippen LogP contribution in [0.2, 0.25) is 0 Å². The van der Waals surface area contributed by atoms with Crippen molar-refractivity contribution in [1.82, 2.24) is 4.98 Å². The number of nitrogen functional groups attached to an aromatic ring is 1. The molecule has 1 aliphatic rings. The summed E-state index contributed by atoms with van der Waals surface area (Å²) < 4.78 is 0. The maximum Gasteiger partial charge on any atom is 0.0724 e. The molecule has 1 heterocycles. The van der Waals surface area contributed by atoms with Crippen LogP contribution in [0.1, 0.15) is 32.1 Å². The fourth-order valence-corrected chi connectivity index (χ4v) is 3.12. The molecule has 0 saturated heterocycles. The van der Waals surface area contributed by atoms with Crippen molar-refractivity contribution in [1.29, 1.82) is 0 Å². The second-order valence-corrected chi connectivity index (χ2v) is 5.72. The molecule has 1 aromatic carbocycles. The molecule has 0 bridgehead atoms. The van der Waals surface area contributed by atoms with E-state index in [9.17, 15) is 5.11 Å². The summed E-state index contributed by atoms with van der Waals surface area (Å²) in [5.41, 5.74) is 8.57. The van der Waals surface area contributed by atoms with E-state index in [-0.39, 0.29) is 12.1 Å². The zero-order chi connectivity index (χ0) is 14.0. The van der Waals surface area contributed by atoms with Crippen LogP contribution in [0.3, 0.4) is 0 Å². The number of fused-ring (bicyclic) bond motifs is 1. The van der Waals surface area contributed by atoms with Gasteiger partial charge in [0.25, 0.3) is 0 Å². The number of nitrogens with one attached hydrogen (secondary N) is 1. The molecule has 1 fully saturated rings. The van der Waals surface area contributed by atoms with E-state index in [1.807, 2.05) is 24.3 Å². The van der Waals surface area contributed by atoms with Gasteiger partial charge < -0.3 is 16.2 Å². The van der Waals surface area contributed by atoms with Crippen molar-refractivity contribution in [3.63, 3.8) is 0 Å². The van der Waals surface area contributed by atoms with E-state index in [1.54, 1.807) is 6.20 Å². The van der Waals surface area contributed by atoms with Crippen molar-refractivity contribution in [3.05, 3.63) is 30.5 Å². The van der Waals surface area contributed by atoms with Crippen molar-refractivity contribution in [2.75, 3.05) is 17.7 Å². The third-order valence-corrected chi connectivity index (χ3v) is 4.34. The number of aliphatic hydroxyl groups is 1. The second-order valence-electron chi connectivity index (χ2n) is 5.72. The van der Waals surface area contributed by atoms with E-state index >= 15 is 0 Å². The third-order valence-electron chi connectivity index (χ3n) is 4.34. The summed E-state index contributed by atoms with van der Waals surface area (Å²) >= 11 is 0. The van der Waals surface area contributed by atoms with E-state index in [0.29, 0.717) is 5.69 Å². The number of aromatic nitrogens is 1. The smallest absolute Gasteiger partial charge is 0.0724 e. The lowest BCUT2D eigenvalue weighted by Crippen LogP contribution is -2.44. The molecule has 1 aliphatic carbocycles. The monoisotopic (exact) mass is 271 g/mol. The molecule has 0 unspecified atom stereocenters. The molecule has 4 N–H and O–H groups in total. The summed E-state index contributed by atoms with van der Waals surface area (Å²) in [6.45, 7) is 0.150. The number of hydrogen-bond donors (Lipinski definition) is 3. The molecule has 1 aromatic heterocycles. The molecule has 1 saturated carbocycles. The van der Waals surface area contributed by atoms with Gasteiger partial charge in [0.1, 0.15) is 0 Å². The first-order chi connectivity index (χ1) is 9.74. The Morgan fingerprint density at radius 3 is 2.75 bits per heavy atom. The first-order valence-corrected chi connectivity index (χ1v) is 7.26. The van der Waals surface area contributed by atoms with Crippen LogP contribution in [0.4, 0.5) is 11.4 Å². The number of benzene rings is 1. The Morgan fingerprint density at radius 2 is 2.00 bits per heavy atom. The summed E-state index contributed by atoms with van der Waals surface area (Å²) in [6.07, 6.45) is 7.32. The summed E-state index contributed by atoms with van der Waals surface area (Å²) in [4.78, 5) is 4.31. The number of aliphatic hydroxyl groups excluding tert-OH is 1. The molecule has 0 atom stereocenters. The lowest BCUT2D eigenvalue weighted by atomic mass is 9.82. The Morgan fingerprint density at radius 1 is 1.20 bits per heavy atom. The maximum absolute atomic E-state index is 9.79. The highest BCUT2D eigenvalue weighted by molar-refractivity contribution is 5.96. The van der Waals surface area contributed by atoms with Crippen molar-refractivity contribution in [2.45, 2.75) is 37.6 Å². The third kappa shape index (κ3) is 2.31. The maximum atomic E-state index is 9.79.